The molecular weight excluding hydrogens is 364 g/mol. The maximum atomic E-state index is 11.9. The summed E-state index contributed by atoms with van der Waals surface area (Å²) < 4.78 is 27.6. The van der Waals surface area contributed by atoms with Gasteiger partial charge in [-0.15, -0.1) is 0 Å². The van der Waals surface area contributed by atoms with E-state index in [0.717, 1.165) is 30.6 Å². The zero-order chi connectivity index (χ0) is 19.4. The van der Waals surface area contributed by atoms with Crippen LogP contribution in [0.2, 0.25) is 0 Å². The van der Waals surface area contributed by atoms with Crippen LogP contribution < -0.4 is 10.6 Å². The topological polar surface area (TPSA) is 94.5 Å². The van der Waals surface area contributed by atoms with Crippen molar-refractivity contribution in [1.82, 2.24) is 15.0 Å². The largest absolute Gasteiger partial charge is 0.465 e. The Bertz CT molecular complexity index is 619. The molecule has 9 heteroatoms. The number of aliphatic hydroxyl groups excluding tert-OH is 1. The fraction of sp³-hybridized carbons (Fsp3) is 0.412. The Morgan fingerprint density at radius 3 is 2.50 bits per heavy atom. The van der Waals surface area contributed by atoms with E-state index in [4.69, 9.17) is 10.2 Å². The van der Waals surface area contributed by atoms with Crippen LogP contribution in [0.3, 0.4) is 0 Å². The monoisotopic (exact) mass is 387 g/mol. The van der Waals surface area contributed by atoms with Gasteiger partial charge in [0.25, 0.3) is 6.43 Å². The first kappa shape index (κ1) is 21.9. The number of halogens is 2. The van der Waals surface area contributed by atoms with E-state index in [1.165, 1.54) is 23.7 Å². The van der Waals surface area contributed by atoms with Crippen molar-refractivity contribution in [3.05, 3.63) is 52.5 Å². The number of β-amino-alcohol motifs (C(OH)–C–C–N with tert-alkyl or cyclic N) is 1. The van der Waals surface area contributed by atoms with Gasteiger partial charge in [0, 0.05) is 35.8 Å². The standard InChI is InChI=1S/C8H8F2.C5H6N2O2S.C4H9NO/c1-6-2-4-7(5-3-6)8(9)10;8-5(9)6-1-4-2-7-10-3-4;6-4-1-2-5-3-4/h2-5,8H,1H3;2-3,6H,1H2,(H,8,9);4-6H,1-3H2. The molecule has 0 aliphatic carbocycles. The molecule has 1 unspecified atom stereocenters. The summed E-state index contributed by atoms with van der Waals surface area (Å²) >= 11 is 1.31. The van der Waals surface area contributed by atoms with E-state index in [1.807, 2.05) is 6.92 Å². The molecule has 1 aliphatic heterocycles. The Hall–Kier alpha value is -2.10. The van der Waals surface area contributed by atoms with E-state index >= 15 is 0 Å². The second-order valence-corrected chi connectivity index (χ2v) is 6.21. The van der Waals surface area contributed by atoms with Crippen LogP contribution in [0.4, 0.5) is 13.6 Å². The normalized spacial score (nSPS) is 15.5. The van der Waals surface area contributed by atoms with E-state index in [-0.39, 0.29) is 11.7 Å². The molecule has 1 aromatic heterocycles. The van der Waals surface area contributed by atoms with Gasteiger partial charge in [-0.25, -0.2) is 17.9 Å². The van der Waals surface area contributed by atoms with E-state index in [2.05, 4.69) is 15.0 Å². The lowest BCUT2D eigenvalue weighted by molar-refractivity contribution is 0.151. The first-order chi connectivity index (χ1) is 12.4. The summed E-state index contributed by atoms with van der Waals surface area (Å²) in [5, 5.41) is 23.9. The van der Waals surface area contributed by atoms with E-state index in [0.29, 0.717) is 6.54 Å². The Kier molecular flexibility index (Phi) is 10.4. The summed E-state index contributed by atoms with van der Waals surface area (Å²) in [4.78, 5) is 9.97. The highest BCUT2D eigenvalue weighted by Gasteiger charge is 2.08. The van der Waals surface area contributed by atoms with Gasteiger partial charge in [-0.3, -0.25) is 0 Å². The molecule has 3 rings (SSSR count). The van der Waals surface area contributed by atoms with Gasteiger partial charge in [-0.2, -0.15) is 0 Å². The van der Waals surface area contributed by atoms with Gasteiger partial charge < -0.3 is 20.8 Å². The molecule has 0 radical (unpaired) electrons. The number of carbonyl (C=O) groups is 1. The van der Waals surface area contributed by atoms with Crippen LogP contribution in [0, 0.1) is 6.92 Å². The first-order valence-electron chi connectivity index (χ1n) is 7.97. The molecular formula is C17H23F2N3O3S. The molecule has 1 saturated heterocycles. The van der Waals surface area contributed by atoms with Crippen LogP contribution in [-0.4, -0.2) is 39.9 Å². The molecule has 1 atom stereocenters. The van der Waals surface area contributed by atoms with Crippen molar-refractivity contribution in [2.24, 2.45) is 0 Å². The zero-order valence-corrected chi connectivity index (χ0v) is 15.2. The van der Waals surface area contributed by atoms with Crippen LogP contribution in [0.5, 0.6) is 0 Å². The fourth-order valence-corrected chi connectivity index (χ4v) is 2.38. The van der Waals surface area contributed by atoms with Crippen molar-refractivity contribution in [1.29, 1.82) is 0 Å². The highest BCUT2D eigenvalue weighted by atomic mass is 32.1. The van der Waals surface area contributed by atoms with Crippen LogP contribution in [0.25, 0.3) is 0 Å². The smallest absolute Gasteiger partial charge is 0.404 e. The van der Waals surface area contributed by atoms with Crippen molar-refractivity contribution < 1.29 is 23.8 Å². The van der Waals surface area contributed by atoms with Crippen LogP contribution in [0.15, 0.2) is 35.8 Å². The lowest BCUT2D eigenvalue weighted by Gasteiger charge is -1.97. The summed E-state index contributed by atoms with van der Waals surface area (Å²) in [6, 6.07) is 6.25. The number of aliphatic hydroxyl groups is 1. The summed E-state index contributed by atoms with van der Waals surface area (Å²) in [6.45, 7) is 3.99. The van der Waals surface area contributed by atoms with Gasteiger partial charge in [0.05, 0.1) is 6.10 Å². The Labute approximate surface area is 155 Å². The van der Waals surface area contributed by atoms with Crippen LogP contribution in [0.1, 0.15) is 29.5 Å². The number of alkyl halides is 2. The maximum Gasteiger partial charge on any atom is 0.404 e. The third kappa shape index (κ3) is 10.0. The molecule has 2 heterocycles. The zero-order valence-electron chi connectivity index (χ0n) is 14.4. The summed E-state index contributed by atoms with van der Waals surface area (Å²) in [6.07, 6.45) is -0.850. The minimum Gasteiger partial charge on any atom is -0.465 e. The van der Waals surface area contributed by atoms with Crippen molar-refractivity contribution in [3.8, 4) is 0 Å². The number of aromatic nitrogens is 1. The van der Waals surface area contributed by atoms with Gasteiger partial charge >= 0.3 is 6.09 Å². The Morgan fingerprint density at radius 1 is 1.42 bits per heavy atom. The lowest BCUT2D eigenvalue weighted by Crippen LogP contribution is -2.19. The summed E-state index contributed by atoms with van der Waals surface area (Å²) in [7, 11) is 0. The number of benzene rings is 1. The van der Waals surface area contributed by atoms with E-state index < -0.39 is 12.5 Å². The van der Waals surface area contributed by atoms with Crippen LogP contribution >= 0.6 is 11.5 Å². The number of hydrogen-bond acceptors (Lipinski definition) is 5. The average Bonchev–Trinajstić information content (AvgIpc) is 3.28. The maximum absolute atomic E-state index is 11.9. The van der Waals surface area contributed by atoms with Crippen molar-refractivity contribution >= 4 is 17.6 Å². The molecule has 0 saturated carbocycles. The van der Waals surface area contributed by atoms with Gasteiger partial charge in [0.15, 0.2) is 0 Å². The number of amides is 1. The SMILES string of the molecule is Cc1ccc(C(F)F)cc1.O=C(O)NCc1cnsc1.OC1CCNC1. The molecule has 0 spiro atoms. The molecule has 144 valence electrons. The molecule has 6 nitrogen and oxygen atoms in total. The van der Waals surface area contributed by atoms with Gasteiger partial charge in [0.2, 0.25) is 0 Å². The van der Waals surface area contributed by atoms with Gasteiger partial charge in [-0.05, 0) is 31.4 Å². The molecule has 1 amide bonds. The minimum absolute atomic E-state index is 0.0648. The highest BCUT2D eigenvalue weighted by Crippen LogP contribution is 2.18. The number of carboxylic acid groups (broad SMARTS) is 1. The molecule has 26 heavy (non-hydrogen) atoms. The second-order valence-electron chi connectivity index (χ2n) is 5.55. The van der Waals surface area contributed by atoms with Crippen molar-refractivity contribution in [2.45, 2.75) is 32.4 Å². The number of nitrogens with zero attached hydrogens (tertiary/aromatic N) is 1. The molecule has 1 fully saturated rings. The molecule has 0 bridgehead atoms. The van der Waals surface area contributed by atoms with E-state index in [1.54, 1.807) is 23.7 Å². The second kappa shape index (κ2) is 12.3. The van der Waals surface area contributed by atoms with Crippen molar-refractivity contribution in [3.63, 3.8) is 0 Å². The fourth-order valence-electron chi connectivity index (χ4n) is 1.84. The Morgan fingerprint density at radius 2 is 2.12 bits per heavy atom. The molecule has 1 aliphatic rings. The summed E-state index contributed by atoms with van der Waals surface area (Å²) in [5.74, 6) is 0. The number of hydrogen-bond donors (Lipinski definition) is 4. The van der Waals surface area contributed by atoms with E-state index in [9.17, 15) is 13.6 Å². The molecule has 2 aromatic rings. The quantitative estimate of drug-likeness (QED) is 0.649. The van der Waals surface area contributed by atoms with Crippen molar-refractivity contribution in [2.75, 3.05) is 13.1 Å². The predicted octanol–water partition coefficient (Wildman–Crippen LogP) is 3.18. The summed E-state index contributed by atoms with van der Waals surface area (Å²) in [5.41, 5.74) is 1.99. The Balaban J connectivity index is 0.000000201. The number of rotatable bonds is 3. The minimum atomic E-state index is -2.35. The number of nitrogens with one attached hydrogen (secondary N) is 2. The third-order valence-corrected chi connectivity index (χ3v) is 3.93. The third-order valence-electron chi connectivity index (χ3n) is 3.29. The number of aryl methyl sites for hydroxylation is 1. The lowest BCUT2D eigenvalue weighted by atomic mass is 10.2. The van der Waals surface area contributed by atoms with Gasteiger partial charge in [0.1, 0.15) is 0 Å². The highest BCUT2D eigenvalue weighted by molar-refractivity contribution is 7.03. The van der Waals surface area contributed by atoms with Gasteiger partial charge in [-0.1, -0.05) is 29.8 Å². The average molecular weight is 387 g/mol. The predicted molar refractivity (Wildman–Crippen MR) is 96.6 cm³/mol. The molecule has 4 N–H and O–H groups in total. The van der Waals surface area contributed by atoms with Crippen LogP contribution in [-0.2, 0) is 6.54 Å². The molecule has 1 aromatic carbocycles. The first-order valence-corrected chi connectivity index (χ1v) is 8.80.